The quantitative estimate of drug-likeness (QED) is 0.551. The number of benzene rings is 1. The Morgan fingerprint density at radius 1 is 1.50 bits per heavy atom. The summed E-state index contributed by atoms with van der Waals surface area (Å²) in [4.78, 5) is 11.0. The number of hydrogen-bond acceptors (Lipinski definition) is 2. The smallest absolute Gasteiger partial charge is 0.161 e. The molecule has 0 amide bonds. The summed E-state index contributed by atoms with van der Waals surface area (Å²) in [7, 11) is 0. The van der Waals surface area contributed by atoms with Gasteiger partial charge in [0.25, 0.3) is 0 Å². The predicted molar refractivity (Wildman–Crippen MR) is 51.1 cm³/mol. The first-order valence-corrected chi connectivity index (χ1v) is 4.33. The fourth-order valence-corrected chi connectivity index (χ4v) is 1.52. The van der Waals surface area contributed by atoms with Crippen LogP contribution in [0.2, 0.25) is 10.0 Å². The van der Waals surface area contributed by atoms with Gasteiger partial charge in [0.05, 0.1) is 15.6 Å². The van der Waals surface area contributed by atoms with Crippen LogP contribution in [0.1, 0.15) is 22.8 Å². The van der Waals surface area contributed by atoms with E-state index in [1.165, 1.54) is 6.92 Å². The van der Waals surface area contributed by atoms with Gasteiger partial charge in [0.15, 0.2) is 5.78 Å². The summed E-state index contributed by atoms with van der Waals surface area (Å²) in [6, 6.07) is 2.57. The SMILES string of the molecule is CC(=O)c1cc(F)c(Cl)c(C#N)c1Cl. The second kappa shape index (κ2) is 3.95. The third-order valence-corrected chi connectivity index (χ3v) is 2.41. The molecule has 0 unspecified atom stereocenters. The van der Waals surface area contributed by atoms with Crippen LogP contribution in [0.25, 0.3) is 0 Å². The van der Waals surface area contributed by atoms with Gasteiger partial charge in [0.2, 0.25) is 0 Å². The Morgan fingerprint density at radius 3 is 2.50 bits per heavy atom. The third kappa shape index (κ3) is 1.72. The summed E-state index contributed by atoms with van der Waals surface area (Å²) in [6.07, 6.45) is 0. The molecule has 14 heavy (non-hydrogen) atoms. The Bertz CT molecular complexity index is 451. The number of ketones is 1. The number of Topliss-reactive ketones (excluding diaryl/α,β-unsaturated/α-hetero) is 1. The van der Waals surface area contributed by atoms with E-state index in [0.717, 1.165) is 6.07 Å². The first kappa shape index (κ1) is 11.0. The molecule has 2 nitrogen and oxygen atoms in total. The minimum absolute atomic E-state index is 0.0369. The molecule has 1 rings (SSSR count). The van der Waals surface area contributed by atoms with Crippen LogP contribution < -0.4 is 0 Å². The lowest BCUT2D eigenvalue weighted by Gasteiger charge is -2.04. The molecule has 0 saturated carbocycles. The standard InChI is InChI=1S/C9H4Cl2FNO/c1-4(14)5-2-7(12)9(11)6(3-13)8(5)10/h2H,1H3. The monoisotopic (exact) mass is 231 g/mol. The number of rotatable bonds is 1. The molecule has 1 aromatic carbocycles. The molecule has 0 aliphatic rings. The highest BCUT2D eigenvalue weighted by Gasteiger charge is 2.17. The van der Waals surface area contributed by atoms with E-state index in [0.29, 0.717) is 0 Å². The topological polar surface area (TPSA) is 40.9 Å². The van der Waals surface area contributed by atoms with Crippen LogP contribution in [0.15, 0.2) is 6.07 Å². The summed E-state index contributed by atoms with van der Waals surface area (Å²) < 4.78 is 13.1. The summed E-state index contributed by atoms with van der Waals surface area (Å²) in [5.74, 6) is -1.24. The Balaban J connectivity index is 3.61. The van der Waals surface area contributed by atoms with Crippen molar-refractivity contribution in [3.63, 3.8) is 0 Å². The van der Waals surface area contributed by atoms with Gasteiger partial charge in [-0.1, -0.05) is 23.2 Å². The van der Waals surface area contributed by atoms with Crippen LogP contribution >= 0.6 is 23.2 Å². The maximum Gasteiger partial charge on any atom is 0.161 e. The highest BCUT2D eigenvalue weighted by Crippen LogP contribution is 2.30. The van der Waals surface area contributed by atoms with Gasteiger partial charge in [-0.3, -0.25) is 4.79 Å². The van der Waals surface area contributed by atoms with Crippen LogP contribution in [0.3, 0.4) is 0 Å². The molecule has 0 fully saturated rings. The summed E-state index contributed by atoms with van der Waals surface area (Å²) in [5.41, 5.74) is -0.247. The van der Waals surface area contributed by atoms with Gasteiger partial charge in [0.1, 0.15) is 11.9 Å². The lowest BCUT2D eigenvalue weighted by atomic mass is 10.1. The molecule has 1 aromatic rings. The molecule has 0 heterocycles. The van der Waals surface area contributed by atoms with Crippen LogP contribution in [0, 0.1) is 17.1 Å². The molecule has 0 aliphatic carbocycles. The van der Waals surface area contributed by atoms with Gasteiger partial charge in [-0.2, -0.15) is 5.26 Å². The molecule has 0 aromatic heterocycles. The van der Waals surface area contributed by atoms with Gasteiger partial charge in [0, 0.05) is 5.56 Å². The van der Waals surface area contributed by atoms with Crippen molar-refractivity contribution in [2.45, 2.75) is 6.92 Å². The fourth-order valence-electron chi connectivity index (χ4n) is 0.958. The molecule has 0 radical (unpaired) electrons. The number of hydrogen-bond donors (Lipinski definition) is 0. The minimum atomic E-state index is -0.821. The average molecular weight is 232 g/mol. The van der Waals surface area contributed by atoms with Crippen LogP contribution in [-0.2, 0) is 0 Å². The Morgan fingerprint density at radius 2 is 2.07 bits per heavy atom. The second-order valence-corrected chi connectivity index (χ2v) is 3.33. The zero-order valence-electron chi connectivity index (χ0n) is 7.07. The lowest BCUT2D eigenvalue weighted by molar-refractivity contribution is 0.101. The van der Waals surface area contributed by atoms with E-state index in [1.54, 1.807) is 6.07 Å². The van der Waals surface area contributed by atoms with E-state index < -0.39 is 11.6 Å². The molecule has 0 bridgehead atoms. The van der Waals surface area contributed by atoms with E-state index in [1.807, 2.05) is 0 Å². The van der Waals surface area contributed by atoms with Crippen molar-refractivity contribution in [3.05, 3.63) is 33.1 Å². The van der Waals surface area contributed by atoms with Crippen molar-refractivity contribution in [3.8, 4) is 6.07 Å². The van der Waals surface area contributed by atoms with E-state index in [-0.39, 0.29) is 21.2 Å². The zero-order chi connectivity index (χ0) is 10.9. The van der Waals surface area contributed by atoms with Crippen molar-refractivity contribution >= 4 is 29.0 Å². The Hall–Kier alpha value is -1.11. The van der Waals surface area contributed by atoms with Crippen molar-refractivity contribution in [1.29, 1.82) is 5.26 Å². The number of carbonyl (C=O) groups excluding carboxylic acids is 1. The van der Waals surface area contributed by atoms with E-state index >= 15 is 0 Å². The number of nitriles is 1. The zero-order valence-corrected chi connectivity index (χ0v) is 8.58. The van der Waals surface area contributed by atoms with E-state index in [2.05, 4.69) is 0 Å². The van der Waals surface area contributed by atoms with Crippen LogP contribution in [0.4, 0.5) is 4.39 Å². The molecule has 0 spiro atoms. The van der Waals surface area contributed by atoms with Crippen molar-refractivity contribution < 1.29 is 9.18 Å². The van der Waals surface area contributed by atoms with Crippen LogP contribution in [0.5, 0.6) is 0 Å². The molecular formula is C9H4Cl2FNO. The van der Waals surface area contributed by atoms with Gasteiger partial charge in [-0.25, -0.2) is 4.39 Å². The van der Waals surface area contributed by atoms with Crippen molar-refractivity contribution in [2.75, 3.05) is 0 Å². The summed E-state index contributed by atoms with van der Waals surface area (Å²) in [5, 5.41) is 8.17. The number of halogens is 3. The first-order chi connectivity index (χ1) is 6.49. The van der Waals surface area contributed by atoms with E-state index in [9.17, 15) is 9.18 Å². The van der Waals surface area contributed by atoms with Gasteiger partial charge >= 0.3 is 0 Å². The molecule has 0 aliphatic heterocycles. The number of carbonyl (C=O) groups is 1. The van der Waals surface area contributed by atoms with Crippen molar-refractivity contribution in [2.24, 2.45) is 0 Å². The normalized spacial score (nSPS) is 9.64. The highest BCUT2D eigenvalue weighted by atomic mass is 35.5. The molecule has 5 heteroatoms. The Kier molecular flexibility index (Phi) is 3.10. The van der Waals surface area contributed by atoms with Gasteiger partial charge in [-0.05, 0) is 13.0 Å². The molecular weight excluding hydrogens is 228 g/mol. The van der Waals surface area contributed by atoms with Crippen molar-refractivity contribution in [1.82, 2.24) is 0 Å². The van der Waals surface area contributed by atoms with Gasteiger partial charge < -0.3 is 0 Å². The predicted octanol–water partition coefficient (Wildman–Crippen LogP) is 3.21. The average Bonchev–Trinajstić information content (AvgIpc) is 2.12. The third-order valence-electron chi connectivity index (χ3n) is 1.65. The minimum Gasteiger partial charge on any atom is -0.294 e. The molecule has 0 N–H and O–H groups in total. The highest BCUT2D eigenvalue weighted by molar-refractivity contribution is 6.38. The van der Waals surface area contributed by atoms with E-state index in [4.69, 9.17) is 28.5 Å². The lowest BCUT2D eigenvalue weighted by Crippen LogP contribution is -1.98. The molecule has 72 valence electrons. The Labute approximate surface area is 89.9 Å². The number of nitrogens with zero attached hydrogens (tertiary/aromatic N) is 1. The largest absolute Gasteiger partial charge is 0.294 e. The molecule has 0 saturated heterocycles. The van der Waals surface area contributed by atoms with Crippen LogP contribution in [-0.4, -0.2) is 5.78 Å². The summed E-state index contributed by atoms with van der Waals surface area (Å²) >= 11 is 11.2. The first-order valence-electron chi connectivity index (χ1n) is 3.57. The fraction of sp³-hybridized carbons (Fsp3) is 0.111. The summed E-state index contributed by atoms with van der Waals surface area (Å²) in [6.45, 7) is 1.23. The molecule has 0 atom stereocenters. The maximum absolute atomic E-state index is 13.1. The van der Waals surface area contributed by atoms with Gasteiger partial charge in [-0.15, -0.1) is 0 Å². The second-order valence-electron chi connectivity index (χ2n) is 2.58. The maximum atomic E-state index is 13.1.